The minimum absolute atomic E-state index is 0.0871. The number of esters is 2. The summed E-state index contributed by atoms with van der Waals surface area (Å²) in [5.74, 6) is 1.02. The van der Waals surface area contributed by atoms with Gasteiger partial charge in [0.25, 0.3) is 0 Å². The molecule has 3 atom stereocenters. The van der Waals surface area contributed by atoms with Gasteiger partial charge < -0.3 is 14.2 Å². The van der Waals surface area contributed by atoms with Crippen molar-refractivity contribution in [2.24, 2.45) is 17.8 Å². The highest BCUT2D eigenvalue weighted by atomic mass is 16.6. The lowest BCUT2D eigenvalue weighted by molar-refractivity contribution is -0.159. The van der Waals surface area contributed by atoms with E-state index in [1.807, 2.05) is 0 Å². The first-order valence-electron chi connectivity index (χ1n) is 8.91. The molecule has 1 saturated carbocycles. The molecule has 0 heterocycles. The van der Waals surface area contributed by atoms with Crippen LogP contribution in [-0.4, -0.2) is 31.8 Å². The molecule has 0 saturated heterocycles. The van der Waals surface area contributed by atoms with E-state index in [4.69, 9.17) is 14.2 Å². The van der Waals surface area contributed by atoms with Gasteiger partial charge in [0.15, 0.2) is 6.61 Å². The molecular formula is C20H28O5. The van der Waals surface area contributed by atoms with Crippen molar-refractivity contribution >= 4 is 11.9 Å². The lowest BCUT2D eigenvalue weighted by Crippen LogP contribution is -2.36. The van der Waals surface area contributed by atoms with Gasteiger partial charge in [-0.15, -0.1) is 0 Å². The van der Waals surface area contributed by atoms with E-state index >= 15 is 0 Å². The Hall–Kier alpha value is -2.04. The van der Waals surface area contributed by atoms with Crippen molar-refractivity contribution in [2.45, 2.75) is 46.1 Å². The number of benzene rings is 1. The Kier molecular flexibility index (Phi) is 6.85. The summed E-state index contributed by atoms with van der Waals surface area (Å²) >= 11 is 0. The fraction of sp³-hybridized carbons (Fsp3) is 0.600. The molecule has 1 aliphatic rings. The normalized spacial score (nSPS) is 23.2. The van der Waals surface area contributed by atoms with Crippen LogP contribution in [0.5, 0.6) is 5.75 Å². The quantitative estimate of drug-likeness (QED) is 0.731. The number of carbonyl (C=O) groups is 2. The zero-order valence-corrected chi connectivity index (χ0v) is 15.5. The van der Waals surface area contributed by atoms with Crippen LogP contribution in [0.25, 0.3) is 0 Å². The van der Waals surface area contributed by atoms with E-state index in [0.29, 0.717) is 29.1 Å². The van der Waals surface area contributed by atoms with Gasteiger partial charge in [-0.1, -0.05) is 27.2 Å². The van der Waals surface area contributed by atoms with Gasteiger partial charge in [0, 0.05) is 0 Å². The molecule has 0 radical (unpaired) electrons. The van der Waals surface area contributed by atoms with Crippen LogP contribution in [0.3, 0.4) is 0 Å². The van der Waals surface area contributed by atoms with Gasteiger partial charge in [0.1, 0.15) is 11.9 Å². The Labute approximate surface area is 149 Å². The van der Waals surface area contributed by atoms with Crippen molar-refractivity contribution < 1.29 is 23.8 Å². The number of hydrogen-bond donors (Lipinski definition) is 0. The molecule has 5 heteroatoms. The van der Waals surface area contributed by atoms with E-state index in [2.05, 4.69) is 20.8 Å². The first-order chi connectivity index (χ1) is 11.9. The van der Waals surface area contributed by atoms with Gasteiger partial charge in [-0.25, -0.2) is 9.59 Å². The van der Waals surface area contributed by atoms with Crippen LogP contribution in [0.1, 0.15) is 50.4 Å². The zero-order chi connectivity index (χ0) is 18.4. The van der Waals surface area contributed by atoms with Gasteiger partial charge in [-0.3, -0.25) is 0 Å². The predicted molar refractivity (Wildman–Crippen MR) is 94.5 cm³/mol. The highest BCUT2D eigenvalue weighted by Gasteiger charge is 2.33. The third kappa shape index (κ3) is 5.48. The van der Waals surface area contributed by atoms with Crippen molar-refractivity contribution in [1.29, 1.82) is 0 Å². The molecule has 1 fully saturated rings. The lowest BCUT2D eigenvalue weighted by Gasteiger charge is -2.36. The Morgan fingerprint density at radius 3 is 2.44 bits per heavy atom. The first-order valence-corrected chi connectivity index (χ1v) is 8.91. The summed E-state index contributed by atoms with van der Waals surface area (Å²) < 4.78 is 15.7. The standard InChI is InChI=1S/C20H28O5/c1-13(2)17-10-5-14(3)11-18(17)25-19(21)12-24-20(22)15-6-8-16(23-4)9-7-15/h6-9,13-14,17-18H,5,10-12H2,1-4H3. The fourth-order valence-corrected chi connectivity index (χ4v) is 3.39. The van der Waals surface area contributed by atoms with E-state index in [1.165, 1.54) is 6.42 Å². The topological polar surface area (TPSA) is 61.8 Å². The zero-order valence-electron chi connectivity index (χ0n) is 15.5. The molecule has 3 unspecified atom stereocenters. The second kappa shape index (κ2) is 8.88. The maximum atomic E-state index is 12.1. The molecule has 2 rings (SSSR count). The molecule has 0 amide bonds. The third-order valence-electron chi connectivity index (χ3n) is 4.89. The largest absolute Gasteiger partial charge is 0.497 e. The summed E-state index contributed by atoms with van der Waals surface area (Å²) in [6.45, 7) is 6.14. The SMILES string of the molecule is COc1ccc(C(=O)OCC(=O)OC2CC(C)CCC2C(C)C)cc1. The van der Waals surface area contributed by atoms with Crippen molar-refractivity contribution in [3.8, 4) is 5.75 Å². The number of hydrogen-bond acceptors (Lipinski definition) is 5. The van der Waals surface area contributed by atoms with Crippen molar-refractivity contribution in [3.63, 3.8) is 0 Å². The average Bonchev–Trinajstić information content (AvgIpc) is 2.59. The second-order valence-corrected chi connectivity index (χ2v) is 7.16. The summed E-state index contributed by atoms with van der Waals surface area (Å²) in [5, 5.41) is 0. The van der Waals surface area contributed by atoms with Crippen LogP contribution >= 0.6 is 0 Å². The molecule has 0 aliphatic heterocycles. The highest BCUT2D eigenvalue weighted by molar-refractivity contribution is 5.90. The lowest BCUT2D eigenvalue weighted by atomic mass is 9.75. The van der Waals surface area contributed by atoms with Crippen LogP contribution in [0.2, 0.25) is 0 Å². The van der Waals surface area contributed by atoms with E-state index < -0.39 is 11.9 Å². The van der Waals surface area contributed by atoms with Gasteiger partial charge in [-0.2, -0.15) is 0 Å². The molecule has 1 aliphatic carbocycles. The van der Waals surface area contributed by atoms with Crippen LogP contribution < -0.4 is 4.74 Å². The van der Waals surface area contributed by atoms with Crippen LogP contribution in [0.15, 0.2) is 24.3 Å². The van der Waals surface area contributed by atoms with Crippen LogP contribution in [0.4, 0.5) is 0 Å². The average molecular weight is 348 g/mol. The predicted octanol–water partition coefficient (Wildman–Crippen LogP) is 3.86. The van der Waals surface area contributed by atoms with E-state index in [9.17, 15) is 9.59 Å². The Balaban J connectivity index is 1.85. The summed E-state index contributed by atoms with van der Waals surface area (Å²) in [6.07, 6.45) is 3.03. The smallest absolute Gasteiger partial charge is 0.344 e. The highest BCUT2D eigenvalue weighted by Crippen LogP contribution is 2.35. The van der Waals surface area contributed by atoms with Gasteiger partial charge >= 0.3 is 11.9 Å². The van der Waals surface area contributed by atoms with Gasteiger partial charge in [0.05, 0.1) is 12.7 Å². The maximum Gasteiger partial charge on any atom is 0.344 e. The van der Waals surface area contributed by atoms with E-state index in [-0.39, 0.29) is 12.7 Å². The van der Waals surface area contributed by atoms with E-state index in [0.717, 1.165) is 12.8 Å². The van der Waals surface area contributed by atoms with Gasteiger partial charge in [-0.05, 0) is 54.9 Å². The van der Waals surface area contributed by atoms with Gasteiger partial charge in [0.2, 0.25) is 0 Å². The molecular weight excluding hydrogens is 320 g/mol. The van der Waals surface area contributed by atoms with Crippen molar-refractivity contribution in [1.82, 2.24) is 0 Å². The number of methoxy groups -OCH3 is 1. The Bertz CT molecular complexity index is 578. The maximum absolute atomic E-state index is 12.1. The second-order valence-electron chi connectivity index (χ2n) is 7.16. The molecule has 0 N–H and O–H groups in total. The van der Waals surface area contributed by atoms with Crippen molar-refractivity contribution in [2.75, 3.05) is 13.7 Å². The fourth-order valence-electron chi connectivity index (χ4n) is 3.39. The first kappa shape index (κ1) is 19.3. The Morgan fingerprint density at radius 2 is 1.84 bits per heavy atom. The molecule has 5 nitrogen and oxygen atoms in total. The minimum Gasteiger partial charge on any atom is -0.497 e. The summed E-state index contributed by atoms with van der Waals surface area (Å²) in [5.41, 5.74) is 0.375. The minimum atomic E-state index is -0.544. The number of rotatable bonds is 6. The molecule has 0 bridgehead atoms. The molecule has 138 valence electrons. The third-order valence-corrected chi connectivity index (χ3v) is 4.89. The monoisotopic (exact) mass is 348 g/mol. The van der Waals surface area contributed by atoms with Crippen LogP contribution in [-0.2, 0) is 14.3 Å². The molecule has 0 spiro atoms. The van der Waals surface area contributed by atoms with Crippen molar-refractivity contribution in [3.05, 3.63) is 29.8 Å². The Morgan fingerprint density at radius 1 is 1.16 bits per heavy atom. The van der Waals surface area contributed by atoms with Crippen LogP contribution in [0, 0.1) is 17.8 Å². The summed E-state index contributed by atoms with van der Waals surface area (Å²) in [6, 6.07) is 6.55. The molecule has 0 aromatic heterocycles. The molecule has 1 aromatic carbocycles. The number of ether oxygens (including phenoxy) is 3. The number of carbonyl (C=O) groups excluding carboxylic acids is 2. The molecule has 1 aromatic rings. The van der Waals surface area contributed by atoms with E-state index in [1.54, 1.807) is 31.4 Å². The summed E-state index contributed by atoms with van der Waals surface area (Å²) in [4.78, 5) is 24.1. The molecule has 25 heavy (non-hydrogen) atoms. The summed E-state index contributed by atoms with van der Waals surface area (Å²) in [7, 11) is 1.56.